The molecule has 0 aliphatic rings. The molecule has 0 atom stereocenters. The Hall–Kier alpha value is -2.74. The number of hydrogen-bond donors (Lipinski definition) is 0. The van der Waals surface area contributed by atoms with Crippen molar-refractivity contribution in [2.75, 3.05) is 0 Å². The smallest absolute Gasteiger partial charge is 0.128 e. The summed E-state index contributed by atoms with van der Waals surface area (Å²) in [6.07, 6.45) is 11.0. The summed E-state index contributed by atoms with van der Waals surface area (Å²) in [6, 6.07) is 21.0. The van der Waals surface area contributed by atoms with Crippen LogP contribution in [0.3, 0.4) is 0 Å². The Bertz CT molecular complexity index is 732. The minimum atomic E-state index is 0.926. The number of aryl methyl sites for hydroxylation is 2. The molecule has 114 valence electrons. The largest absolute Gasteiger partial charge is 0.241 e. The van der Waals surface area contributed by atoms with Gasteiger partial charge in [0, 0.05) is 18.8 Å². The molecule has 0 aliphatic heterocycles. The van der Waals surface area contributed by atoms with Crippen LogP contribution in [0.15, 0.2) is 73.1 Å². The van der Waals surface area contributed by atoms with Gasteiger partial charge in [-0.15, -0.1) is 0 Å². The Morgan fingerprint density at radius 1 is 0.652 bits per heavy atom. The Morgan fingerprint density at radius 3 is 2.00 bits per heavy atom. The van der Waals surface area contributed by atoms with Crippen molar-refractivity contribution in [2.45, 2.75) is 19.3 Å². The molecule has 0 fully saturated rings. The van der Waals surface area contributed by atoms with Crippen LogP contribution in [0.2, 0.25) is 0 Å². The molecule has 3 aromatic rings. The van der Waals surface area contributed by atoms with E-state index in [0.717, 1.165) is 25.1 Å². The van der Waals surface area contributed by atoms with E-state index in [0.29, 0.717) is 0 Å². The van der Waals surface area contributed by atoms with Crippen LogP contribution in [0.1, 0.15) is 28.9 Å². The standard InChI is InChI=1S/C21H20N2/c1-2-6-18(7-3-1)10-13-20-14-11-19(12-15-20)8-4-9-21-22-16-5-17-23-21/h1-3,5-7,10-17H,4,8-9H2/b13-10+. The zero-order valence-corrected chi connectivity index (χ0v) is 13.1. The van der Waals surface area contributed by atoms with Gasteiger partial charge in [0.05, 0.1) is 0 Å². The van der Waals surface area contributed by atoms with Crippen molar-refractivity contribution in [1.29, 1.82) is 0 Å². The van der Waals surface area contributed by atoms with Gasteiger partial charge >= 0.3 is 0 Å². The van der Waals surface area contributed by atoms with Crippen molar-refractivity contribution in [3.63, 3.8) is 0 Å². The molecule has 2 heteroatoms. The van der Waals surface area contributed by atoms with E-state index in [9.17, 15) is 0 Å². The molecule has 0 amide bonds. The van der Waals surface area contributed by atoms with Crippen LogP contribution in [-0.2, 0) is 12.8 Å². The first-order chi connectivity index (χ1) is 11.4. The fourth-order valence-electron chi connectivity index (χ4n) is 2.46. The third-order valence-electron chi connectivity index (χ3n) is 3.73. The second-order valence-corrected chi connectivity index (χ2v) is 5.50. The highest BCUT2D eigenvalue weighted by molar-refractivity contribution is 5.69. The van der Waals surface area contributed by atoms with Crippen LogP contribution in [0, 0.1) is 0 Å². The molecule has 0 bridgehead atoms. The zero-order chi connectivity index (χ0) is 15.7. The lowest BCUT2D eigenvalue weighted by Crippen LogP contribution is -1.95. The van der Waals surface area contributed by atoms with E-state index in [1.807, 2.05) is 12.1 Å². The fraction of sp³-hybridized carbons (Fsp3) is 0.143. The molecule has 1 heterocycles. The molecule has 0 spiro atoms. The van der Waals surface area contributed by atoms with Crippen molar-refractivity contribution in [3.8, 4) is 0 Å². The van der Waals surface area contributed by atoms with E-state index < -0.39 is 0 Å². The molecule has 0 unspecified atom stereocenters. The fourth-order valence-corrected chi connectivity index (χ4v) is 2.46. The lowest BCUT2D eigenvalue weighted by molar-refractivity contribution is 0.770. The summed E-state index contributed by atoms with van der Waals surface area (Å²) in [5.41, 5.74) is 3.81. The molecule has 1 aromatic heterocycles. The Kier molecular flexibility index (Phi) is 5.30. The summed E-state index contributed by atoms with van der Waals surface area (Å²) in [5, 5.41) is 0. The first-order valence-corrected chi connectivity index (χ1v) is 7.98. The normalized spacial score (nSPS) is 11.0. The monoisotopic (exact) mass is 300 g/mol. The van der Waals surface area contributed by atoms with Gasteiger partial charge in [-0.25, -0.2) is 9.97 Å². The molecule has 3 rings (SSSR count). The van der Waals surface area contributed by atoms with Gasteiger partial charge in [-0.05, 0) is 35.6 Å². The first-order valence-electron chi connectivity index (χ1n) is 7.98. The average molecular weight is 300 g/mol. The molecule has 2 aromatic carbocycles. The van der Waals surface area contributed by atoms with Crippen LogP contribution in [-0.4, -0.2) is 9.97 Å². The van der Waals surface area contributed by atoms with Crippen molar-refractivity contribution in [3.05, 3.63) is 95.6 Å². The van der Waals surface area contributed by atoms with Crippen molar-refractivity contribution in [2.24, 2.45) is 0 Å². The van der Waals surface area contributed by atoms with Gasteiger partial charge in [0.25, 0.3) is 0 Å². The van der Waals surface area contributed by atoms with Gasteiger partial charge in [-0.1, -0.05) is 66.7 Å². The summed E-state index contributed by atoms with van der Waals surface area (Å²) >= 11 is 0. The zero-order valence-electron chi connectivity index (χ0n) is 13.1. The molecule has 23 heavy (non-hydrogen) atoms. The van der Waals surface area contributed by atoms with E-state index in [1.165, 1.54) is 16.7 Å². The van der Waals surface area contributed by atoms with Gasteiger partial charge in [0.2, 0.25) is 0 Å². The molecule has 2 nitrogen and oxygen atoms in total. The Labute approximate surface area is 137 Å². The number of rotatable bonds is 6. The maximum absolute atomic E-state index is 4.26. The molecular weight excluding hydrogens is 280 g/mol. The predicted molar refractivity (Wildman–Crippen MR) is 95.9 cm³/mol. The van der Waals surface area contributed by atoms with E-state index in [4.69, 9.17) is 0 Å². The molecule has 0 aliphatic carbocycles. The molecule has 0 N–H and O–H groups in total. The quantitative estimate of drug-likeness (QED) is 0.610. The second kappa shape index (κ2) is 8.04. The lowest BCUT2D eigenvalue weighted by atomic mass is 10.1. The van der Waals surface area contributed by atoms with Gasteiger partial charge in [0.15, 0.2) is 0 Å². The highest BCUT2D eigenvalue weighted by Crippen LogP contribution is 2.11. The maximum atomic E-state index is 4.26. The SMILES string of the molecule is C(=C\c1ccc(CCCc2ncccn2)cc1)/c1ccccc1. The highest BCUT2D eigenvalue weighted by Gasteiger charge is 1.97. The van der Waals surface area contributed by atoms with E-state index in [2.05, 4.69) is 70.7 Å². The molecule has 0 saturated heterocycles. The number of hydrogen-bond acceptors (Lipinski definition) is 2. The van der Waals surface area contributed by atoms with Crippen molar-refractivity contribution in [1.82, 2.24) is 9.97 Å². The topological polar surface area (TPSA) is 25.8 Å². The highest BCUT2D eigenvalue weighted by atomic mass is 14.8. The van der Waals surface area contributed by atoms with Gasteiger partial charge in [-0.2, -0.15) is 0 Å². The van der Waals surface area contributed by atoms with Crippen LogP contribution in [0.25, 0.3) is 12.2 Å². The summed E-state index contributed by atoms with van der Waals surface area (Å²) in [4.78, 5) is 8.51. The van der Waals surface area contributed by atoms with Crippen molar-refractivity contribution >= 4 is 12.2 Å². The minimum Gasteiger partial charge on any atom is -0.241 e. The van der Waals surface area contributed by atoms with Crippen LogP contribution >= 0.6 is 0 Å². The number of benzene rings is 2. The minimum absolute atomic E-state index is 0.926. The van der Waals surface area contributed by atoms with Gasteiger partial charge in [-0.3, -0.25) is 0 Å². The molecule has 0 saturated carbocycles. The third kappa shape index (κ3) is 4.89. The van der Waals surface area contributed by atoms with Gasteiger partial charge < -0.3 is 0 Å². The van der Waals surface area contributed by atoms with E-state index in [-0.39, 0.29) is 0 Å². The Balaban J connectivity index is 1.52. The number of aromatic nitrogens is 2. The maximum Gasteiger partial charge on any atom is 0.128 e. The molecule has 0 radical (unpaired) electrons. The summed E-state index contributed by atoms with van der Waals surface area (Å²) in [6.45, 7) is 0. The average Bonchev–Trinajstić information content (AvgIpc) is 2.63. The van der Waals surface area contributed by atoms with Crippen LogP contribution in [0.4, 0.5) is 0 Å². The first kappa shape index (κ1) is 15.2. The van der Waals surface area contributed by atoms with Gasteiger partial charge in [0.1, 0.15) is 5.82 Å². The van der Waals surface area contributed by atoms with Crippen LogP contribution in [0.5, 0.6) is 0 Å². The third-order valence-corrected chi connectivity index (χ3v) is 3.73. The van der Waals surface area contributed by atoms with E-state index >= 15 is 0 Å². The summed E-state index contributed by atoms with van der Waals surface area (Å²) < 4.78 is 0. The summed E-state index contributed by atoms with van der Waals surface area (Å²) in [7, 11) is 0. The van der Waals surface area contributed by atoms with E-state index in [1.54, 1.807) is 12.4 Å². The summed E-state index contributed by atoms with van der Waals surface area (Å²) in [5.74, 6) is 0.926. The van der Waals surface area contributed by atoms with Crippen molar-refractivity contribution < 1.29 is 0 Å². The number of nitrogens with zero attached hydrogens (tertiary/aromatic N) is 2. The van der Waals surface area contributed by atoms with Crippen LogP contribution < -0.4 is 0 Å². The second-order valence-electron chi connectivity index (χ2n) is 5.50. The predicted octanol–water partition coefficient (Wildman–Crippen LogP) is 4.82. The molecular formula is C21H20N2. The Morgan fingerprint density at radius 2 is 1.30 bits per heavy atom. The lowest BCUT2D eigenvalue weighted by Gasteiger charge is -2.02.